The molecule has 2 fully saturated rings. The fraction of sp³-hybridized carbons (Fsp3) is 0.643. The first-order valence-corrected chi connectivity index (χ1v) is 13.7. The zero-order valence-corrected chi connectivity index (χ0v) is 24.5. The number of amides is 3. The number of halogens is 3. The minimum Gasteiger partial charge on any atom is -0.465 e. The van der Waals surface area contributed by atoms with Crippen molar-refractivity contribution in [3.63, 3.8) is 0 Å². The third-order valence-electron chi connectivity index (χ3n) is 8.12. The van der Waals surface area contributed by atoms with Crippen LogP contribution in [0.4, 0.5) is 8.78 Å². The third kappa shape index (κ3) is 6.91. The second-order valence-electron chi connectivity index (χ2n) is 12.2. The lowest BCUT2D eigenvalue weighted by Crippen LogP contribution is -2.59. The van der Waals surface area contributed by atoms with E-state index >= 15 is 0 Å². The molecular formula is C28H39ClF2N4O5. The quantitative estimate of drug-likeness (QED) is 0.272. The van der Waals surface area contributed by atoms with Crippen molar-refractivity contribution in [1.82, 2.24) is 20.4 Å². The van der Waals surface area contributed by atoms with Gasteiger partial charge in [0.2, 0.25) is 24.1 Å². The Labute approximate surface area is 238 Å². The molecule has 9 nitrogen and oxygen atoms in total. The summed E-state index contributed by atoms with van der Waals surface area (Å²) in [5.74, 6) is -2.27. The van der Waals surface area contributed by atoms with Crippen molar-refractivity contribution in [2.45, 2.75) is 72.0 Å². The van der Waals surface area contributed by atoms with Gasteiger partial charge in [0.1, 0.15) is 18.1 Å². The van der Waals surface area contributed by atoms with E-state index in [1.54, 1.807) is 24.3 Å². The molecule has 12 heteroatoms. The first-order chi connectivity index (χ1) is 18.6. The molecule has 3 rings (SSSR count). The molecule has 0 spiro atoms. The SMILES string of the molecule is COC(=O)c1ccc(CCNC(=O)[C@H](CC(F)F)NC(=O)[C@@H]2C3C(CN2C(=O)[C@@H](NCl)C(C)(C)C)C3(C)C)cc1. The van der Waals surface area contributed by atoms with Crippen molar-refractivity contribution < 1.29 is 32.7 Å². The molecule has 2 unspecified atom stereocenters. The highest BCUT2D eigenvalue weighted by Crippen LogP contribution is 2.65. The van der Waals surface area contributed by atoms with Gasteiger partial charge in [-0.25, -0.2) is 18.4 Å². The molecule has 40 heavy (non-hydrogen) atoms. The molecule has 222 valence electrons. The molecule has 0 radical (unpaired) electrons. The summed E-state index contributed by atoms with van der Waals surface area (Å²) in [5.41, 5.74) is 0.450. The fourth-order valence-electron chi connectivity index (χ4n) is 5.61. The summed E-state index contributed by atoms with van der Waals surface area (Å²) in [4.78, 5) is 55.4. The number of ether oxygens (including phenoxy) is 1. The summed E-state index contributed by atoms with van der Waals surface area (Å²) in [5, 5.41) is 5.12. The van der Waals surface area contributed by atoms with Crippen LogP contribution in [0.25, 0.3) is 0 Å². The Hall–Kier alpha value is -2.79. The van der Waals surface area contributed by atoms with Gasteiger partial charge in [0.05, 0.1) is 12.7 Å². The zero-order valence-electron chi connectivity index (χ0n) is 23.7. The number of esters is 1. The van der Waals surface area contributed by atoms with Crippen LogP contribution in [0.3, 0.4) is 0 Å². The fourth-order valence-corrected chi connectivity index (χ4v) is 6.03. The molecule has 3 N–H and O–H groups in total. The highest BCUT2D eigenvalue weighted by Gasteiger charge is 2.69. The van der Waals surface area contributed by atoms with E-state index in [0.717, 1.165) is 5.56 Å². The predicted octanol–water partition coefficient (Wildman–Crippen LogP) is 2.91. The molecule has 1 saturated carbocycles. The van der Waals surface area contributed by atoms with Crippen molar-refractivity contribution in [3.8, 4) is 0 Å². The second kappa shape index (κ2) is 12.4. The number of rotatable bonds is 11. The molecule has 3 amide bonds. The van der Waals surface area contributed by atoms with Gasteiger partial charge in [-0.2, -0.15) is 0 Å². The smallest absolute Gasteiger partial charge is 0.337 e. The highest BCUT2D eigenvalue weighted by atomic mass is 35.5. The number of nitrogens with zero attached hydrogens (tertiary/aromatic N) is 1. The Morgan fingerprint density at radius 2 is 1.77 bits per heavy atom. The van der Waals surface area contributed by atoms with Crippen LogP contribution in [0.2, 0.25) is 0 Å². The van der Waals surface area contributed by atoms with Gasteiger partial charge in [0.15, 0.2) is 0 Å². The molecule has 1 aliphatic heterocycles. The van der Waals surface area contributed by atoms with Crippen LogP contribution in [0.15, 0.2) is 24.3 Å². The van der Waals surface area contributed by atoms with Crippen LogP contribution in [-0.2, 0) is 25.5 Å². The van der Waals surface area contributed by atoms with E-state index in [1.165, 1.54) is 12.0 Å². The molecule has 5 atom stereocenters. The number of methoxy groups -OCH3 is 1. The van der Waals surface area contributed by atoms with Gasteiger partial charge in [-0.15, -0.1) is 0 Å². The Kier molecular flexibility index (Phi) is 9.82. The molecule has 1 heterocycles. The minimum absolute atomic E-state index is 0.0797. The molecule has 0 bridgehead atoms. The maximum atomic E-state index is 13.5. The summed E-state index contributed by atoms with van der Waals surface area (Å²) in [6, 6.07) is 3.45. The van der Waals surface area contributed by atoms with Crippen molar-refractivity contribution in [3.05, 3.63) is 35.4 Å². The topological polar surface area (TPSA) is 117 Å². The molecule has 0 aromatic heterocycles. The first-order valence-electron chi connectivity index (χ1n) is 13.3. The Balaban J connectivity index is 1.68. The first kappa shape index (κ1) is 31.7. The van der Waals surface area contributed by atoms with Gasteiger partial charge in [-0.1, -0.05) is 46.8 Å². The average molecular weight is 585 g/mol. The lowest BCUT2D eigenvalue weighted by atomic mass is 9.86. The number of likely N-dealkylation sites (tertiary alicyclic amines) is 1. The third-order valence-corrected chi connectivity index (χ3v) is 8.34. The van der Waals surface area contributed by atoms with E-state index in [9.17, 15) is 28.0 Å². The van der Waals surface area contributed by atoms with Gasteiger partial charge < -0.3 is 20.3 Å². The largest absolute Gasteiger partial charge is 0.465 e. The summed E-state index contributed by atoms with van der Waals surface area (Å²) < 4.78 is 31.5. The van der Waals surface area contributed by atoms with Crippen LogP contribution in [0, 0.1) is 22.7 Å². The van der Waals surface area contributed by atoms with Crippen LogP contribution in [-0.4, -0.2) is 73.3 Å². The summed E-state index contributed by atoms with van der Waals surface area (Å²) in [7, 11) is 1.28. The van der Waals surface area contributed by atoms with Gasteiger partial charge >= 0.3 is 5.97 Å². The highest BCUT2D eigenvalue weighted by molar-refractivity contribution is 6.15. The Bertz CT molecular complexity index is 1110. The minimum atomic E-state index is -2.83. The molecule has 1 aliphatic carbocycles. The molecule has 1 aromatic carbocycles. The number of alkyl halides is 2. The number of carbonyl (C=O) groups is 4. The lowest BCUT2D eigenvalue weighted by molar-refractivity contribution is -0.144. The normalized spacial score (nSPS) is 22.8. The second-order valence-corrected chi connectivity index (χ2v) is 12.4. The molecule has 2 aliphatic rings. The monoisotopic (exact) mass is 584 g/mol. The maximum absolute atomic E-state index is 13.5. The van der Waals surface area contributed by atoms with Crippen LogP contribution in [0.1, 0.15) is 57.0 Å². The van der Waals surface area contributed by atoms with Gasteiger partial charge in [0, 0.05) is 19.5 Å². The summed E-state index contributed by atoms with van der Waals surface area (Å²) in [6.45, 7) is 10.0. The van der Waals surface area contributed by atoms with Crippen molar-refractivity contribution in [2.75, 3.05) is 20.2 Å². The summed E-state index contributed by atoms with van der Waals surface area (Å²) >= 11 is 5.91. The Morgan fingerprint density at radius 1 is 1.15 bits per heavy atom. The van der Waals surface area contributed by atoms with E-state index < -0.39 is 54.2 Å². The van der Waals surface area contributed by atoms with E-state index in [2.05, 4.69) is 20.2 Å². The zero-order chi connectivity index (χ0) is 30.0. The van der Waals surface area contributed by atoms with E-state index in [1.807, 2.05) is 34.6 Å². The van der Waals surface area contributed by atoms with Crippen LogP contribution >= 0.6 is 11.8 Å². The molecule has 1 saturated heterocycles. The van der Waals surface area contributed by atoms with Gasteiger partial charge in [0.25, 0.3) is 0 Å². The standard InChI is InChI=1S/C28H39ClF2N4O5/c1-27(2,3)22(34-29)25(38)35-14-17-20(28(17,4)5)21(35)24(37)33-18(13-19(30)31)23(36)32-12-11-15-7-9-16(10-8-15)26(39)40-6/h7-10,17-22,34H,11-14H2,1-6H3,(H,32,36)(H,33,37)/t17?,18-,20?,21-,22+/m0/s1. The lowest BCUT2D eigenvalue weighted by Gasteiger charge is -2.37. The molecule has 1 aromatic rings. The number of fused-ring (bicyclic) bond motifs is 1. The molecular weight excluding hydrogens is 546 g/mol. The van der Waals surface area contributed by atoms with Crippen molar-refractivity contribution >= 4 is 35.5 Å². The van der Waals surface area contributed by atoms with E-state index in [4.69, 9.17) is 11.8 Å². The number of carbonyl (C=O) groups excluding carboxylic acids is 4. The number of benzene rings is 1. The predicted molar refractivity (Wildman–Crippen MR) is 146 cm³/mol. The van der Waals surface area contributed by atoms with Crippen LogP contribution in [0.5, 0.6) is 0 Å². The van der Waals surface area contributed by atoms with Gasteiger partial charge in [-0.05, 0) is 58.6 Å². The average Bonchev–Trinajstić information content (AvgIpc) is 3.20. The van der Waals surface area contributed by atoms with Crippen LogP contribution < -0.4 is 15.5 Å². The van der Waals surface area contributed by atoms with E-state index in [-0.39, 0.29) is 29.7 Å². The number of nitrogens with one attached hydrogen (secondary N) is 3. The maximum Gasteiger partial charge on any atom is 0.337 e. The van der Waals surface area contributed by atoms with Crippen molar-refractivity contribution in [2.24, 2.45) is 22.7 Å². The van der Waals surface area contributed by atoms with Crippen molar-refractivity contribution in [1.29, 1.82) is 0 Å². The number of hydrogen-bond donors (Lipinski definition) is 3. The number of hydrogen-bond acceptors (Lipinski definition) is 6. The van der Waals surface area contributed by atoms with E-state index in [0.29, 0.717) is 18.5 Å². The van der Waals surface area contributed by atoms with Gasteiger partial charge in [-0.3, -0.25) is 14.4 Å². The summed E-state index contributed by atoms with van der Waals surface area (Å²) in [6.07, 6.45) is -3.32. The Morgan fingerprint density at radius 3 is 2.30 bits per heavy atom. The number of piperidine rings is 1.